The van der Waals surface area contributed by atoms with E-state index in [-0.39, 0.29) is 5.91 Å². The number of carbonyl (C=O) groups excluding carboxylic acids is 1. The van der Waals surface area contributed by atoms with Crippen LogP contribution in [-0.4, -0.2) is 22.0 Å². The van der Waals surface area contributed by atoms with E-state index in [1.807, 2.05) is 0 Å². The zero-order valence-electron chi connectivity index (χ0n) is 11.0. The van der Waals surface area contributed by atoms with Gasteiger partial charge in [-0.2, -0.15) is 0 Å². The molecule has 1 aromatic heterocycles. The molecule has 1 heterocycles. The summed E-state index contributed by atoms with van der Waals surface area (Å²) in [5.74, 6) is -1.02. The first-order chi connectivity index (χ1) is 10.0. The van der Waals surface area contributed by atoms with Gasteiger partial charge in [-0.1, -0.05) is 12.1 Å². The lowest BCUT2D eigenvalue weighted by atomic mass is 9.96. The van der Waals surface area contributed by atoms with E-state index in [1.54, 1.807) is 36.5 Å². The van der Waals surface area contributed by atoms with Crippen LogP contribution in [0, 0.1) is 0 Å². The number of hydrogen-bond donors (Lipinski definition) is 3. The van der Waals surface area contributed by atoms with Crippen LogP contribution in [0.3, 0.4) is 0 Å². The summed E-state index contributed by atoms with van der Waals surface area (Å²) in [4.78, 5) is 26.1. The van der Waals surface area contributed by atoms with Gasteiger partial charge in [-0.25, -0.2) is 0 Å². The third-order valence-corrected chi connectivity index (χ3v) is 4.20. The Morgan fingerprint density at radius 3 is 2.38 bits per heavy atom. The highest BCUT2D eigenvalue weighted by molar-refractivity contribution is 9.10. The van der Waals surface area contributed by atoms with E-state index >= 15 is 0 Å². The number of aliphatic carboxylic acids is 1. The van der Waals surface area contributed by atoms with Crippen molar-refractivity contribution in [2.24, 2.45) is 0 Å². The molecule has 3 rings (SSSR count). The molecule has 21 heavy (non-hydrogen) atoms. The number of aromatic amines is 1. The van der Waals surface area contributed by atoms with Gasteiger partial charge in [-0.05, 0) is 52.5 Å². The minimum Gasteiger partial charge on any atom is -0.481 e. The van der Waals surface area contributed by atoms with Crippen LogP contribution in [0.4, 0.5) is 5.69 Å². The first-order valence-corrected chi connectivity index (χ1v) is 7.30. The zero-order chi connectivity index (χ0) is 15.0. The van der Waals surface area contributed by atoms with Crippen molar-refractivity contribution in [3.63, 3.8) is 0 Å². The second-order valence-electron chi connectivity index (χ2n) is 5.15. The molecular weight excluding hydrogens is 336 g/mol. The number of anilines is 1. The molecule has 108 valence electrons. The quantitative estimate of drug-likeness (QED) is 0.793. The molecule has 0 radical (unpaired) electrons. The van der Waals surface area contributed by atoms with Crippen molar-refractivity contribution in [2.45, 2.75) is 18.3 Å². The molecule has 1 aromatic carbocycles. The van der Waals surface area contributed by atoms with E-state index in [1.165, 1.54) is 0 Å². The van der Waals surface area contributed by atoms with Crippen molar-refractivity contribution in [3.05, 3.63) is 52.3 Å². The van der Waals surface area contributed by atoms with Crippen molar-refractivity contribution in [2.75, 3.05) is 5.32 Å². The average Bonchev–Trinajstić information content (AvgIpc) is 3.16. The van der Waals surface area contributed by atoms with Gasteiger partial charge in [0.05, 0.1) is 5.41 Å². The minimum atomic E-state index is -0.782. The number of H-pyrrole nitrogens is 1. The lowest BCUT2D eigenvalue weighted by Gasteiger charge is -2.11. The summed E-state index contributed by atoms with van der Waals surface area (Å²) in [6.07, 6.45) is 3.02. The number of carboxylic acid groups (broad SMARTS) is 1. The molecule has 3 N–H and O–H groups in total. The highest BCUT2D eigenvalue weighted by Crippen LogP contribution is 2.48. The van der Waals surface area contributed by atoms with Crippen molar-refractivity contribution in [1.29, 1.82) is 0 Å². The maximum Gasteiger partial charge on any atom is 0.314 e. The molecule has 0 saturated heterocycles. The third kappa shape index (κ3) is 2.58. The Balaban J connectivity index is 1.73. The second-order valence-corrected chi connectivity index (χ2v) is 6.07. The Kier molecular flexibility index (Phi) is 3.33. The van der Waals surface area contributed by atoms with E-state index in [0.717, 1.165) is 10.0 Å². The van der Waals surface area contributed by atoms with Crippen LogP contribution in [0.15, 0.2) is 41.0 Å². The number of carbonyl (C=O) groups is 2. The minimum absolute atomic E-state index is 0.243. The summed E-state index contributed by atoms with van der Waals surface area (Å²) < 4.78 is 0.806. The van der Waals surface area contributed by atoms with Crippen LogP contribution < -0.4 is 5.32 Å². The van der Waals surface area contributed by atoms with Crippen LogP contribution in [0.25, 0.3) is 0 Å². The summed E-state index contributed by atoms with van der Waals surface area (Å²) in [6.45, 7) is 0. The van der Waals surface area contributed by atoms with Crippen LogP contribution in [0.5, 0.6) is 0 Å². The molecule has 2 aromatic rings. The highest BCUT2D eigenvalue weighted by Gasteiger charge is 2.51. The summed E-state index contributed by atoms with van der Waals surface area (Å²) in [7, 11) is 0. The molecule has 6 heteroatoms. The molecule has 0 bridgehead atoms. The fourth-order valence-corrected chi connectivity index (χ4v) is 2.66. The zero-order valence-corrected chi connectivity index (χ0v) is 12.6. The Labute approximate surface area is 129 Å². The maximum atomic E-state index is 12.0. The SMILES string of the molecule is O=C(Nc1ccc(C2(C(=O)O)CC2)cc1)c1cc(Br)c[nH]1. The van der Waals surface area contributed by atoms with Crippen molar-refractivity contribution in [1.82, 2.24) is 4.98 Å². The maximum absolute atomic E-state index is 12.0. The van der Waals surface area contributed by atoms with Gasteiger partial charge >= 0.3 is 5.97 Å². The van der Waals surface area contributed by atoms with Gasteiger partial charge in [-0.3, -0.25) is 9.59 Å². The molecule has 1 saturated carbocycles. The number of amides is 1. The predicted octanol–water partition coefficient (Wildman–Crippen LogP) is 3.15. The van der Waals surface area contributed by atoms with Crippen molar-refractivity contribution < 1.29 is 14.7 Å². The number of aromatic nitrogens is 1. The first-order valence-electron chi connectivity index (χ1n) is 6.50. The van der Waals surface area contributed by atoms with Crippen LogP contribution in [-0.2, 0) is 10.2 Å². The summed E-state index contributed by atoms with van der Waals surface area (Å²) in [5.41, 5.74) is 1.16. The molecule has 5 nitrogen and oxygen atoms in total. The van der Waals surface area contributed by atoms with E-state index < -0.39 is 11.4 Å². The Bertz CT molecular complexity index is 702. The summed E-state index contributed by atoms with van der Waals surface area (Å²) in [6, 6.07) is 8.68. The number of benzene rings is 1. The Hall–Kier alpha value is -2.08. The third-order valence-electron chi connectivity index (χ3n) is 3.75. The van der Waals surface area contributed by atoms with Crippen molar-refractivity contribution in [3.8, 4) is 0 Å². The number of nitrogens with one attached hydrogen (secondary N) is 2. The largest absolute Gasteiger partial charge is 0.481 e. The van der Waals surface area contributed by atoms with Gasteiger partial charge < -0.3 is 15.4 Å². The molecule has 0 aliphatic heterocycles. The topological polar surface area (TPSA) is 82.2 Å². The fourth-order valence-electron chi connectivity index (χ4n) is 2.32. The van der Waals surface area contributed by atoms with Gasteiger partial charge in [-0.15, -0.1) is 0 Å². The molecule has 1 amide bonds. The van der Waals surface area contributed by atoms with E-state index in [4.69, 9.17) is 0 Å². The monoisotopic (exact) mass is 348 g/mol. The molecule has 1 aliphatic rings. The molecule has 0 spiro atoms. The Morgan fingerprint density at radius 2 is 1.90 bits per heavy atom. The molecular formula is C15H13BrN2O3. The average molecular weight is 349 g/mol. The van der Waals surface area contributed by atoms with Crippen LogP contribution in [0.2, 0.25) is 0 Å². The predicted molar refractivity (Wildman–Crippen MR) is 81.4 cm³/mol. The van der Waals surface area contributed by atoms with Crippen LogP contribution in [0.1, 0.15) is 28.9 Å². The lowest BCUT2D eigenvalue weighted by Crippen LogP contribution is -2.19. The van der Waals surface area contributed by atoms with Gasteiger partial charge in [0.1, 0.15) is 5.69 Å². The van der Waals surface area contributed by atoms with Gasteiger partial charge in [0, 0.05) is 16.4 Å². The van der Waals surface area contributed by atoms with Crippen molar-refractivity contribution >= 4 is 33.5 Å². The van der Waals surface area contributed by atoms with Gasteiger partial charge in [0.15, 0.2) is 0 Å². The normalized spacial score (nSPS) is 15.5. The number of rotatable bonds is 4. The second kappa shape index (κ2) is 5.04. The van der Waals surface area contributed by atoms with E-state index in [2.05, 4.69) is 26.2 Å². The Morgan fingerprint density at radius 1 is 1.24 bits per heavy atom. The fraction of sp³-hybridized carbons (Fsp3) is 0.200. The van der Waals surface area contributed by atoms with E-state index in [9.17, 15) is 14.7 Å². The number of halogens is 1. The van der Waals surface area contributed by atoms with Gasteiger partial charge in [0.25, 0.3) is 5.91 Å². The molecule has 0 atom stereocenters. The first kappa shape index (κ1) is 13.9. The molecule has 1 aliphatic carbocycles. The highest BCUT2D eigenvalue weighted by atomic mass is 79.9. The lowest BCUT2D eigenvalue weighted by molar-refractivity contribution is -0.140. The summed E-state index contributed by atoms with van der Waals surface area (Å²) in [5, 5.41) is 12.0. The molecule has 1 fully saturated rings. The number of hydrogen-bond acceptors (Lipinski definition) is 2. The summed E-state index contributed by atoms with van der Waals surface area (Å²) >= 11 is 3.27. The van der Waals surface area contributed by atoms with E-state index in [0.29, 0.717) is 24.2 Å². The smallest absolute Gasteiger partial charge is 0.314 e. The van der Waals surface area contributed by atoms with Gasteiger partial charge in [0.2, 0.25) is 0 Å². The molecule has 0 unspecified atom stereocenters. The standard InChI is InChI=1S/C15H13BrN2O3/c16-10-7-12(17-8-10)13(19)18-11-3-1-9(2-4-11)15(5-6-15)14(20)21/h1-4,7-8,17H,5-6H2,(H,18,19)(H,20,21). The van der Waals surface area contributed by atoms with Crippen LogP contribution >= 0.6 is 15.9 Å². The number of carboxylic acids is 1.